The van der Waals surface area contributed by atoms with Gasteiger partial charge in [-0.15, -0.1) is 0 Å². The molecule has 1 heterocycles. The van der Waals surface area contributed by atoms with Crippen molar-refractivity contribution < 1.29 is 36.3 Å². The highest BCUT2D eigenvalue weighted by molar-refractivity contribution is 5.79. The van der Waals surface area contributed by atoms with Crippen molar-refractivity contribution in [3.05, 3.63) is 29.1 Å². The average Bonchev–Trinajstić information content (AvgIpc) is 2.58. The highest BCUT2D eigenvalue weighted by Gasteiger charge is 2.29. The maximum atomic E-state index is 13.4. The van der Waals surface area contributed by atoms with Crippen LogP contribution in [0.5, 0.6) is 5.75 Å². The minimum absolute atomic E-state index is 0.174. The van der Waals surface area contributed by atoms with Gasteiger partial charge in [0, 0.05) is 19.0 Å². The van der Waals surface area contributed by atoms with Gasteiger partial charge in [0.25, 0.3) is 5.91 Å². The highest BCUT2D eigenvalue weighted by Crippen LogP contribution is 2.29. The zero-order valence-corrected chi connectivity index (χ0v) is 12.3. The number of ether oxygens (including phenoxy) is 1. The Kier molecular flexibility index (Phi) is 5.25. The summed E-state index contributed by atoms with van der Waals surface area (Å²) in [6.45, 7) is -0.556. The number of piperidine rings is 1. The monoisotopic (exact) mass is 352 g/mol. The molecule has 0 radical (unpaired) electrons. The molecule has 132 valence electrons. The molecule has 0 aliphatic carbocycles. The SMILES string of the molecule is NC(=O)C1CCN(C(=O)COc2c(F)c(F)c(F)c(F)c2F)CC1. The van der Waals surface area contributed by atoms with Crippen LogP contribution in [-0.4, -0.2) is 36.4 Å². The molecular weight excluding hydrogens is 339 g/mol. The largest absolute Gasteiger partial charge is 0.477 e. The number of amides is 2. The Bertz CT molecular complexity index is 646. The van der Waals surface area contributed by atoms with E-state index in [1.165, 1.54) is 4.90 Å². The summed E-state index contributed by atoms with van der Waals surface area (Å²) >= 11 is 0. The molecule has 0 saturated carbocycles. The molecule has 1 aromatic rings. The fraction of sp³-hybridized carbons (Fsp3) is 0.429. The molecule has 0 aromatic heterocycles. The van der Waals surface area contributed by atoms with Crippen LogP contribution < -0.4 is 10.5 Å². The molecule has 2 amide bonds. The fourth-order valence-corrected chi connectivity index (χ4v) is 2.35. The molecule has 24 heavy (non-hydrogen) atoms. The summed E-state index contributed by atoms with van der Waals surface area (Å²) in [4.78, 5) is 24.2. The first-order valence-corrected chi connectivity index (χ1v) is 6.95. The predicted molar refractivity (Wildman–Crippen MR) is 70.2 cm³/mol. The first kappa shape index (κ1) is 18.0. The van der Waals surface area contributed by atoms with Crippen molar-refractivity contribution in [3.8, 4) is 5.75 Å². The second kappa shape index (κ2) is 7.02. The van der Waals surface area contributed by atoms with Gasteiger partial charge in [0.2, 0.25) is 35.0 Å². The summed E-state index contributed by atoms with van der Waals surface area (Å²) < 4.78 is 70.3. The normalized spacial score (nSPS) is 15.5. The van der Waals surface area contributed by atoms with Gasteiger partial charge in [-0.2, -0.15) is 8.78 Å². The number of carbonyl (C=O) groups excluding carboxylic acids is 2. The molecule has 1 saturated heterocycles. The molecule has 0 bridgehead atoms. The summed E-state index contributed by atoms with van der Waals surface area (Å²) in [6, 6.07) is 0. The third kappa shape index (κ3) is 3.41. The molecule has 1 aliphatic rings. The molecule has 2 rings (SSSR count). The molecular formula is C14H13F5N2O3. The summed E-state index contributed by atoms with van der Waals surface area (Å²) in [5.74, 6) is -14.0. The first-order valence-electron chi connectivity index (χ1n) is 6.95. The van der Waals surface area contributed by atoms with Crippen molar-refractivity contribution in [2.24, 2.45) is 11.7 Å². The van der Waals surface area contributed by atoms with Crippen LogP contribution in [0, 0.1) is 35.0 Å². The minimum Gasteiger partial charge on any atom is -0.477 e. The highest BCUT2D eigenvalue weighted by atomic mass is 19.2. The van der Waals surface area contributed by atoms with Gasteiger partial charge in [0.1, 0.15) is 0 Å². The second-order valence-electron chi connectivity index (χ2n) is 5.25. The smallest absolute Gasteiger partial charge is 0.260 e. The number of nitrogens with zero attached hydrogens (tertiary/aromatic N) is 1. The topological polar surface area (TPSA) is 72.6 Å². The van der Waals surface area contributed by atoms with Gasteiger partial charge in [-0.1, -0.05) is 0 Å². The molecule has 5 nitrogen and oxygen atoms in total. The van der Waals surface area contributed by atoms with Crippen LogP contribution in [0.1, 0.15) is 12.8 Å². The van der Waals surface area contributed by atoms with E-state index in [4.69, 9.17) is 5.73 Å². The molecule has 1 aromatic carbocycles. The number of hydrogen-bond donors (Lipinski definition) is 1. The Morgan fingerprint density at radius 2 is 1.42 bits per heavy atom. The van der Waals surface area contributed by atoms with E-state index in [1.54, 1.807) is 0 Å². The number of benzene rings is 1. The van der Waals surface area contributed by atoms with E-state index in [-0.39, 0.29) is 19.0 Å². The molecule has 10 heteroatoms. The van der Waals surface area contributed by atoms with E-state index in [2.05, 4.69) is 4.74 Å². The van der Waals surface area contributed by atoms with Crippen LogP contribution in [0.15, 0.2) is 0 Å². The van der Waals surface area contributed by atoms with Crippen LogP contribution in [0.25, 0.3) is 0 Å². The molecule has 1 aliphatic heterocycles. The van der Waals surface area contributed by atoms with E-state index in [1.807, 2.05) is 0 Å². The second-order valence-corrected chi connectivity index (χ2v) is 5.25. The lowest BCUT2D eigenvalue weighted by molar-refractivity contribution is -0.136. The Balaban J connectivity index is 2.02. The van der Waals surface area contributed by atoms with Crippen molar-refractivity contribution in [1.82, 2.24) is 4.90 Å². The molecule has 1 fully saturated rings. The summed E-state index contributed by atoms with van der Waals surface area (Å²) in [7, 11) is 0. The Morgan fingerprint density at radius 3 is 1.88 bits per heavy atom. The van der Waals surface area contributed by atoms with E-state index in [9.17, 15) is 31.5 Å². The summed E-state index contributed by atoms with van der Waals surface area (Å²) in [6.07, 6.45) is 0.646. The Labute approximate surface area is 133 Å². The van der Waals surface area contributed by atoms with Gasteiger partial charge in [-0.05, 0) is 12.8 Å². The van der Waals surface area contributed by atoms with Gasteiger partial charge in [0.05, 0.1) is 0 Å². The number of halogens is 5. The molecule has 0 spiro atoms. The van der Waals surface area contributed by atoms with Crippen LogP contribution in [0.2, 0.25) is 0 Å². The molecule has 0 atom stereocenters. The van der Waals surface area contributed by atoms with Crippen LogP contribution >= 0.6 is 0 Å². The van der Waals surface area contributed by atoms with Crippen LogP contribution in [-0.2, 0) is 9.59 Å². The lowest BCUT2D eigenvalue weighted by Gasteiger charge is -2.30. The van der Waals surface area contributed by atoms with Crippen LogP contribution in [0.3, 0.4) is 0 Å². The first-order chi connectivity index (χ1) is 11.2. The number of rotatable bonds is 4. The minimum atomic E-state index is -2.31. The Hall–Kier alpha value is -2.39. The quantitative estimate of drug-likeness (QED) is 0.507. The lowest BCUT2D eigenvalue weighted by Crippen LogP contribution is -2.43. The summed E-state index contributed by atoms with van der Waals surface area (Å²) in [5.41, 5.74) is 5.15. The zero-order valence-electron chi connectivity index (χ0n) is 12.3. The number of likely N-dealkylation sites (tertiary alicyclic amines) is 1. The third-order valence-electron chi connectivity index (χ3n) is 3.76. The standard InChI is InChI=1S/C14H13F5N2O3/c15-8-9(16)11(18)13(12(19)10(8)17)24-5-7(22)21-3-1-6(2-4-21)14(20)23/h6H,1-5H2,(H2,20,23). The van der Waals surface area contributed by atoms with E-state index >= 15 is 0 Å². The van der Waals surface area contributed by atoms with Crippen molar-refractivity contribution in [1.29, 1.82) is 0 Å². The van der Waals surface area contributed by atoms with Crippen molar-refractivity contribution in [2.75, 3.05) is 19.7 Å². The van der Waals surface area contributed by atoms with E-state index in [0.29, 0.717) is 12.8 Å². The van der Waals surface area contributed by atoms with Gasteiger partial charge in [-0.3, -0.25) is 9.59 Å². The van der Waals surface area contributed by atoms with Gasteiger partial charge in [0.15, 0.2) is 12.4 Å². The van der Waals surface area contributed by atoms with Crippen molar-refractivity contribution >= 4 is 11.8 Å². The van der Waals surface area contributed by atoms with Gasteiger partial charge in [-0.25, -0.2) is 13.2 Å². The van der Waals surface area contributed by atoms with E-state index < -0.39 is 53.3 Å². The lowest BCUT2D eigenvalue weighted by atomic mass is 9.96. The third-order valence-corrected chi connectivity index (χ3v) is 3.76. The maximum absolute atomic E-state index is 13.4. The number of primary amides is 1. The zero-order chi connectivity index (χ0) is 18.0. The van der Waals surface area contributed by atoms with Crippen molar-refractivity contribution in [3.63, 3.8) is 0 Å². The number of hydrogen-bond acceptors (Lipinski definition) is 3. The molecule has 2 N–H and O–H groups in total. The fourth-order valence-electron chi connectivity index (χ4n) is 2.35. The number of carbonyl (C=O) groups is 2. The average molecular weight is 352 g/mol. The van der Waals surface area contributed by atoms with Crippen molar-refractivity contribution in [2.45, 2.75) is 12.8 Å². The maximum Gasteiger partial charge on any atom is 0.260 e. The Morgan fingerprint density at radius 1 is 0.958 bits per heavy atom. The predicted octanol–water partition coefficient (Wildman–Crippen LogP) is 1.48. The van der Waals surface area contributed by atoms with Gasteiger partial charge < -0.3 is 15.4 Å². The number of nitrogens with two attached hydrogens (primary N) is 1. The van der Waals surface area contributed by atoms with E-state index in [0.717, 1.165) is 0 Å². The van der Waals surface area contributed by atoms with Crippen LogP contribution in [0.4, 0.5) is 22.0 Å². The molecule has 0 unspecified atom stereocenters. The summed E-state index contributed by atoms with van der Waals surface area (Å²) in [5, 5.41) is 0. The van der Waals surface area contributed by atoms with Gasteiger partial charge >= 0.3 is 0 Å².